The maximum Gasteiger partial charge on any atom is 0.123 e. The van der Waals surface area contributed by atoms with Crippen molar-refractivity contribution in [2.75, 3.05) is 0 Å². The lowest BCUT2D eigenvalue weighted by Gasteiger charge is -2.40. The first kappa shape index (κ1) is 16.5. The van der Waals surface area contributed by atoms with Crippen LogP contribution in [-0.2, 0) is 6.42 Å². The van der Waals surface area contributed by atoms with Crippen molar-refractivity contribution in [2.24, 2.45) is 16.7 Å². The van der Waals surface area contributed by atoms with E-state index in [4.69, 9.17) is 0 Å². The van der Waals surface area contributed by atoms with E-state index < -0.39 is 0 Å². The second-order valence-corrected chi connectivity index (χ2v) is 8.30. The van der Waals surface area contributed by atoms with E-state index in [1.165, 1.54) is 6.07 Å². The van der Waals surface area contributed by atoms with Crippen LogP contribution in [-0.4, -0.2) is 0 Å². The van der Waals surface area contributed by atoms with Crippen LogP contribution in [0.1, 0.15) is 52.0 Å². The summed E-state index contributed by atoms with van der Waals surface area (Å²) in [7, 11) is 0. The summed E-state index contributed by atoms with van der Waals surface area (Å²) in [5.74, 6) is 0.444. The zero-order chi connectivity index (χ0) is 15.7. The highest BCUT2D eigenvalue weighted by Crippen LogP contribution is 2.47. The van der Waals surface area contributed by atoms with E-state index >= 15 is 0 Å². The average Bonchev–Trinajstić information content (AvgIpc) is 2.42. The van der Waals surface area contributed by atoms with Crippen LogP contribution in [0.5, 0.6) is 0 Å². The topological polar surface area (TPSA) is 23.8 Å². The van der Waals surface area contributed by atoms with Crippen molar-refractivity contribution in [1.82, 2.24) is 0 Å². The molecule has 1 aromatic rings. The Morgan fingerprint density at radius 3 is 2.48 bits per heavy atom. The Bertz CT molecular complexity index is 545. The SMILES string of the molecule is CC(C)(C)C1CCC(C#N)(Cc2cc(F)ccc2Br)CC1. The molecule has 3 heteroatoms. The van der Waals surface area contributed by atoms with Crippen LogP contribution < -0.4 is 0 Å². The fourth-order valence-electron chi connectivity index (χ4n) is 3.41. The smallest absolute Gasteiger partial charge is 0.123 e. The molecule has 2 rings (SSSR count). The molecule has 0 bridgehead atoms. The van der Waals surface area contributed by atoms with Crippen LogP contribution >= 0.6 is 15.9 Å². The molecule has 0 radical (unpaired) electrons. The van der Waals surface area contributed by atoms with Gasteiger partial charge < -0.3 is 0 Å². The molecule has 1 aromatic carbocycles. The lowest BCUT2D eigenvalue weighted by Crippen LogP contribution is -2.33. The number of halogens is 2. The molecule has 0 heterocycles. The second kappa shape index (κ2) is 6.08. The quantitative estimate of drug-likeness (QED) is 0.652. The molecule has 0 N–H and O–H groups in total. The highest BCUT2D eigenvalue weighted by atomic mass is 79.9. The molecule has 0 aliphatic heterocycles. The number of hydrogen-bond acceptors (Lipinski definition) is 1. The summed E-state index contributed by atoms with van der Waals surface area (Å²) in [6.07, 6.45) is 4.63. The van der Waals surface area contributed by atoms with E-state index in [2.05, 4.69) is 42.8 Å². The molecule has 0 unspecified atom stereocenters. The zero-order valence-electron chi connectivity index (χ0n) is 13.0. The van der Waals surface area contributed by atoms with Gasteiger partial charge in [0.05, 0.1) is 11.5 Å². The van der Waals surface area contributed by atoms with Gasteiger partial charge in [-0.05, 0) is 67.2 Å². The molecule has 0 atom stereocenters. The van der Waals surface area contributed by atoms with Gasteiger partial charge in [0.25, 0.3) is 0 Å². The van der Waals surface area contributed by atoms with Crippen LogP contribution in [0.15, 0.2) is 22.7 Å². The van der Waals surface area contributed by atoms with Gasteiger partial charge in [-0.2, -0.15) is 5.26 Å². The molecule has 1 saturated carbocycles. The zero-order valence-corrected chi connectivity index (χ0v) is 14.6. The van der Waals surface area contributed by atoms with Gasteiger partial charge in [-0.3, -0.25) is 0 Å². The Labute approximate surface area is 135 Å². The van der Waals surface area contributed by atoms with E-state index in [0.29, 0.717) is 17.8 Å². The van der Waals surface area contributed by atoms with Gasteiger partial charge in [0.15, 0.2) is 0 Å². The first-order valence-electron chi connectivity index (χ1n) is 7.61. The molecule has 114 valence electrons. The van der Waals surface area contributed by atoms with Gasteiger partial charge in [-0.1, -0.05) is 36.7 Å². The number of benzene rings is 1. The Kier molecular flexibility index (Phi) is 4.78. The third-order valence-corrected chi connectivity index (χ3v) is 5.71. The molecule has 1 fully saturated rings. The number of hydrogen-bond donors (Lipinski definition) is 0. The van der Waals surface area contributed by atoms with Crippen molar-refractivity contribution >= 4 is 15.9 Å². The maximum absolute atomic E-state index is 13.4. The molecule has 1 nitrogen and oxygen atoms in total. The third kappa shape index (κ3) is 3.86. The van der Waals surface area contributed by atoms with Crippen LogP contribution in [0.4, 0.5) is 4.39 Å². The summed E-state index contributed by atoms with van der Waals surface area (Å²) < 4.78 is 14.3. The van der Waals surface area contributed by atoms with Gasteiger partial charge in [-0.15, -0.1) is 0 Å². The Morgan fingerprint density at radius 2 is 1.95 bits per heavy atom. The van der Waals surface area contributed by atoms with Crippen LogP contribution in [0, 0.1) is 33.9 Å². The van der Waals surface area contributed by atoms with E-state index in [1.807, 2.05) is 0 Å². The standard InChI is InChI=1S/C18H23BrFN/c1-17(2,3)14-6-8-18(12-21,9-7-14)11-13-10-15(20)4-5-16(13)19/h4-5,10,14H,6-9,11H2,1-3H3. The van der Waals surface area contributed by atoms with Gasteiger partial charge in [0.2, 0.25) is 0 Å². The molecule has 0 aromatic heterocycles. The Hall–Kier alpha value is -0.880. The fraction of sp³-hybridized carbons (Fsp3) is 0.611. The van der Waals surface area contributed by atoms with Crippen molar-refractivity contribution in [3.63, 3.8) is 0 Å². The van der Waals surface area contributed by atoms with E-state index in [9.17, 15) is 9.65 Å². The van der Waals surface area contributed by atoms with Crippen molar-refractivity contribution in [1.29, 1.82) is 5.26 Å². The molecule has 1 aliphatic carbocycles. The Morgan fingerprint density at radius 1 is 1.33 bits per heavy atom. The Balaban J connectivity index is 2.14. The fourth-order valence-corrected chi connectivity index (χ4v) is 3.79. The van der Waals surface area contributed by atoms with Crippen LogP contribution in [0.3, 0.4) is 0 Å². The van der Waals surface area contributed by atoms with Crippen LogP contribution in [0.2, 0.25) is 0 Å². The lowest BCUT2D eigenvalue weighted by molar-refractivity contribution is 0.120. The van der Waals surface area contributed by atoms with E-state index in [1.54, 1.807) is 12.1 Å². The summed E-state index contributed by atoms with van der Waals surface area (Å²) in [6, 6.07) is 7.28. The summed E-state index contributed by atoms with van der Waals surface area (Å²) in [4.78, 5) is 0. The van der Waals surface area contributed by atoms with Crippen molar-refractivity contribution in [2.45, 2.75) is 52.9 Å². The first-order valence-corrected chi connectivity index (χ1v) is 8.40. The van der Waals surface area contributed by atoms with E-state index in [0.717, 1.165) is 35.7 Å². The normalized spacial score (nSPS) is 26.4. The highest BCUT2D eigenvalue weighted by Gasteiger charge is 2.39. The molecular weight excluding hydrogens is 329 g/mol. The largest absolute Gasteiger partial charge is 0.207 e. The summed E-state index contributed by atoms with van der Waals surface area (Å²) in [5.41, 5.74) is 0.879. The summed E-state index contributed by atoms with van der Waals surface area (Å²) >= 11 is 3.48. The number of rotatable bonds is 2. The van der Waals surface area contributed by atoms with Crippen LogP contribution in [0.25, 0.3) is 0 Å². The molecule has 1 aliphatic rings. The minimum absolute atomic E-state index is 0.232. The molecule has 0 amide bonds. The third-order valence-electron chi connectivity index (χ3n) is 4.94. The van der Waals surface area contributed by atoms with Gasteiger partial charge in [0.1, 0.15) is 5.82 Å². The molecule has 0 spiro atoms. The minimum atomic E-state index is -0.335. The lowest BCUT2D eigenvalue weighted by atomic mass is 9.63. The number of nitriles is 1. The average molecular weight is 352 g/mol. The second-order valence-electron chi connectivity index (χ2n) is 7.44. The van der Waals surface area contributed by atoms with Crippen molar-refractivity contribution < 1.29 is 4.39 Å². The predicted octanol–water partition coefficient (Wildman–Crippen LogP) is 5.88. The van der Waals surface area contributed by atoms with Gasteiger partial charge in [0, 0.05) is 4.47 Å². The highest BCUT2D eigenvalue weighted by molar-refractivity contribution is 9.10. The van der Waals surface area contributed by atoms with Crippen molar-refractivity contribution in [3.8, 4) is 6.07 Å². The summed E-state index contributed by atoms with van der Waals surface area (Å²) in [6.45, 7) is 6.83. The molecular formula is C18H23BrFN. The molecule has 21 heavy (non-hydrogen) atoms. The maximum atomic E-state index is 13.4. The van der Waals surface area contributed by atoms with Gasteiger partial charge in [-0.25, -0.2) is 4.39 Å². The van der Waals surface area contributed by atoms with E-state index in [-0.39, 0.29) is 11.2 Å². The number of nitrogens with zero attached hydrogens (tertiary/aromatic N) is 1. The molecule has 0 saturated heterocycles. The summed E-state index contributed by atoms with van der Waals surface area (Å²) in [5, 5.41) is 9.69. The predicted molar refractivity (Wildman–Crippen MR) is 87.3 cm³/mol. The van der Waals surface area contributed by atoms with Gasteiger partial charge >= 0.3 is 0 Å². The minimum Gasteiger partial charge on any atom is -0.207 e. The monoisotopic (exact) mass is 351 g/mol. The van der Waals surface area contributed by atoms with Crippen molar-refractivity contribution in [3.05, 3.63) is 34.1 Å². The first-order chi connectivity index (χ1) is 9.76.